The molecule has 0 saturated carbocycles. The van der Waals surface area contributed by atoms with E-state index in [1.165, 1.54) is 12.1 Å². The SMILES string of the molecule is CC1(N)Cc2cc(F)cc(c2)CCC(c2ccccc2)NC(=O)c2cc(cc(-c3ccccc3C#N)c2)COC1=O. The van der Waals surface area contributed by atoms with Gasteiger partial charge < -0.3 is 15.8 Å². The molecule has 41 heavy (non-hydrogen) atoms. The van der Waals surface area contributed by atoms with Gasteiger partial charge in [-0.25, -0.2) is 4.39 Å². The Kier molecular flexibility index (Phi) is 7.95. The van der Waals surface area contributed by atoms with Gasteiger partial charge in [0, 0.05) is 12.0 Å². The van der Waals surface area contributed by atoms with Crippen molar-refractivity contribution in [1.82, 2.24) is 5.32 Å². The van der Waals surface area contributed by atoms with Gasteiger partial charge in [0.25, 0.3) is 5.91 Å². The van der Waals surface area contributed by atoms with Crippen LogP contribution < -0.4 is 11.1 Å². The second kappa shape index (κ2) is 11.7. The predicted octanol–water partition coefficient (Wildman–Crippen LogP) is 5.78. The maximum atomic E-state index is 14.6. The van der Waals surface area contributed by atoms with Crippen molar-refractivity contribution in [2.45, 2.75) is 44.4 Å². The van der Waals surface area contributed by atoms with Crippen LogP contribution in [0.4, 0.5) is 4.39 Å². The third kappa shape index (κ3) is 6.51. The second-order valence-electron chi connectivity index (χ2n) is 10.7. The molecule has 0 saturated heterocycles. The van der Waals surface area contributed by atoms with E-state index >= 15 is 0 Å². The highest BCUT2D eigenvalue weighted by Gasteiger charge is 2.31. The highest BCUT2D eigenvalue weighted by atomic mass is 19.1. The van der Waals surface area contributed by atoms with Crippen molar-refractivity contribution in [2.75, 3.05) is 0 Å². The Balaban J connectivity index is 1.59. The lowest BCUT2D eigenvalue weighted by Gasteiger charge is -2.24. The number of hydrogen-bond donors (Lipinski definition) is 2. The quantitative estimate of drug-likeness (QED) is 0.309. The zero-order chi connectivity index (χ0) is 29.0. The molecule has 0 aromatic heterocycles. The topological polar surface area (TPSA) is 105 Å². The number of nitrogens with two attached hydrogens (primary N) is 1. The first-order valence-corrected chi connectivity index (χ1v) is 13.5. The molecule has 4 aromatic rings. The Morgan fingerprint density at radius 3 is 2.41 bits per heavy atom. The van der Waals surface area contributed by atoms with Crippen LogP contribution in [0.1, 0.15) is 57.6 Å². The summed E-state index contributed by atoms with van der Waals surface area (Å²) in [5, 5.41) is 12.8. The monoisotopic (exact) mass is 547 g/mol. The van der Waals surface area contributed by atoms with Crippen molar-refractivity contribution >= 4 is 11.9 Å². The van der Waals surface area contributed by atoms with Gasteiger partial charge in [-0.2, -0.15) is 5.26 Å². The number of aryl methyl sites for hydroxylation is 1. The van der Waals surface area contributed by atoms with Crippen LogP contribution in [-0.2, 0) is 29.0 Å². The van der Waals surface area contributed by atoms with Gasteiger partial charge in [-0.15, -0.1) is 0 Å². The van der Waals surface area contributed by atoms with Crippen LogP contribution >= 0.6 is 0 Å². The maximum absolute atomic E-state index is 14.6. The fourth-order valence-corrected chi connectivity index (χ4v) is 5.23. The molecule has 1 amide bonds. The Hall–Kier alpha value is -4.80. The lowest BCUT2D eigenvalue weighted by atomic mass is 9.91. The van der Waals surface area contributed by atoms with Crippen LogP contribution in [0.3, 0.4) is 0 Å². The van der Waals surface area contributed by atoms with Gasteiger partial charge in [0.2, 0.25) is 0 Å². The summed E-state index contributed by atoms with van der Waals surface area (Å²) in [7, 11) is 0. The minimum atomic E-state index is -1.40. The van der Waals surface area contributed by atoms with Crippen molar-refractivity contribution in [2.24, 2.45) is 5.73 Å². The summed E-state index contributed by atoms with van der Waals surface area (Å²) in [4.78, 5) is 26.8. The molecular weight excluding hydrogens is 517 g/mol. The van der Waals surface area contributed by atoms with Crippen LogP contribution in [0, 0.1) is 17.1 Å². The van der Waals surface area contributed by atoms with E-state index < -0.39 is 17.3 Å². The van der Waals surface area contributed by atoms with Crippen LogP contribution in [0.2, 0.25) is 0 Å². The summed E-state index contributed by atoms with van der Waals surface area (Å²) in [5.74, 6) is -1.38. The van der Waals surface area contributed by atoms with Crippen LogP contribution in [0.25, 0.3) is 11.1 Å². The number of benzene rings is 4. The van der Waals surface area contributed by atoms with Gasteiger partial charge in [0.15, 0.2) is 0 Å². The molecule has 0 aliphatic carbocycles. The van der Waals surface area contributed by atoms with E-state index in [-0.39, 0.29) is 25.0 Å². The number of esters is 1. The third-order valence-electron chi connectivity index (χ3n) is 7.27. The van der Waals surface area contributed by atoms with Crippen molar-refractivity contribution < 1.29 is 18.7 Å². The molecule has 0 fully saturated rings. The smallest absolute Gasteiger partial charge is 0.326 e. The van der Waals surface area contributed by atoms with E-state index in [0.29, 0.717) is 46.2 Å². The number of halogens is 1. The lowest BCUT2D eigenvalue weighted by molar-refractivity contribution is -0.150. The number of ether oxygens (including phenoxy) is 1. The first-order valence-electron chi connectivity index (χ1n) is 13.5. The van der Waals surface area contributed by atoms with Crippen LogP contribution in [0.5, 0.6) is 0 Å². The van der Waals surface area contributed by atoms with E-state index in [4.69, 9.17) is 10.5 Å². The molecule has 3 N–H and O–H groups in total. The molecule has 1 aliphatic rings. The summed E-state index contributed by atoms with van der Waals surface area (Å²) in [6.45, 7) is 1.43. The molecule has 0 radical (unpaired) electrons. The number of cyclic esters (lactones) is 1. The van der Waals surface area contributed by atoms with E-state index in [1.807, 2.05) is 48.5 Å². The van der Waals surface area contributed by atoms with Crippen molar-refractivity contribution in [3.05, 3.63) is 130 Å². The van der Waals surface area contributed by atoms with Crippen molar-refractivity contribution in [3.8, 4) is 17.2 Å². The fourth-order valence-electron chi connectivity index (χ4n) is 5.23. The molecule has 7 heteroatoms. The lowest BCUT2D eigenvalue weighted by Crippen LogP contribution is -2.48. The summed E-state index contributed by atoms with van der Waals surface area (Å²) in [6.07, 6.45) is 1.10. The van der Waals surface area contributed by atoms with Crippen molar-refractivity contribution in [3.63, 3.8) is 0 Å². The highest BCUT2D eigenvalue weighted by molar-refractivity contribution is 5.96. The summed E-state index contributed by atoms with van der Waals surface area (Å²) < 4.78 is 20.2. The maximum Gasteiger partial charge on any atom is 0.326 e. The van der Waals surface area contributed by atoms with Gasteiger partial charge in [-0.1, -0.05) is 54.6 Å². The molecular formula is C34H30FN3O3. The molecule has 5 rings (SSSR count). The largest absolute Gasteiger partial charge is 0.459 e. The number of fused-ring (bicyclic) bond motifs is 4. The number of amides is 1. The summed E-state index contributed by atoms with van der Waals surface area (Å²) >= 11 is 0. The third-order valence-corrected chi connectivity index (χ3v) is 7.27. The average Bonchev–Trinajstić information content (AvgIpc) is 2.97. The summed E-state index contributed by atoms with van der Waals surface area (Å²) in [6, 6.07) is 28.5. The number of hydrogen-bond acceptors (Lipinski definition) is 5. The highest BCUT2D eigenvalue weighted by Crippen LogP contribution is 2.28. The van der Waals surface area contributed by atoms with E-state index in [0.717, 1.165) is 11.1 Å². The van der Waals surface area contributed by atoms with Crippen LogP contribution in [-0.4, -0.2) is 17.4 Å². The van der Waals surface area contributed by atoms with Crippen molar-refractivity contribution in [1.29, 1.82) is 5.26 Å². The summed E-state index contributed by atoms with van der Waals surface area (Å²) in [5.41, 5.74) is 9.93. The zero-order valence-electron chi connectivity index (χ0n) is 22.7. The second-order valence-corrected chi connectivity index (χ2v) is 10.7. The van der Waals surface area contributed by atoms with Gasteiger partial charge >= 0.3 is 5.97 Å². The first kappa shape index (κ1) is 27.8. The number of carbonyl (C=O) groups is 2. The minimum Gasteiger partial charge on any atom is -0.459 e. The Morgan fingerprint density at radius 2 is 1.63 bits per heavy atom. The van der Waals surface area contributed by atoms with E-state index in [9.17, 15) is 19.2 Å². The molecule has 6 nitrogen and oxygen atoms in total. The molecule has 206 valence electrons. The molecule has 4 aromatic carbocycles. The first-order chi connectivity index (χ1) is 19.7. The molecule has 1 heterocycles. The minimum absolute atomic E-state index is 0.0935. The molecule has 2 atom stereocenters. The van der Waals surface area contributed by atoms with Gasteiger partial charge in [0.1, 0.15) is 18.0 Å². The normalized spacial score (nSPS) is 19.5. The number of carbonyl (C=O) groups excluding carboxylic acids is 2. The van der Waals surface area contributed by atoms with E-state index in [1.54, 1.807) is 37.3 Å². The number of nitrogens with one attached hydrogen (secondary N) is 1. The zero-order valence-corrected chi connectivity index (χ0v) is 22.7. The van der Waals surface area contributed by atoms with Gasteiger partial charge in [0.05, 0.1) is 17.7 Å². The predicted molar refractivity (Wildman–Crippen MR) is 154 cm³/mol. The molecule has 4 bridgehead atoms. The Labute approximate surface area is 238 Å². The number of nitriles is 1. The standard InChI is InChI=1S/C34H30FN3O3/c1-34(37)19-23-13-22(16-29(35)17-23)11-12-31(25-7-3-2-4-8-25)38-32(39)28-15-24(21-41-33(34)40)14-27(18-28)30-10-6-5-9-26(30)20-36/h2-10,13-18,31H,11-12,19,21,37H2,1H3,(H,38,39). The number of nitrogens with zero attached hydrogens (tertiary/aromatic N) is 1. The van der Waals surface area contributed by atoms with Gasteiger partial charge in [-0.05, 0) is 89.5 Å². The van der Waals surface area contributed by atoms with E-state index in [2.05, 4.69) is 11.4 Å². The average molecular weight is 548 g/mol. The van der Waals surface area contributed by atoms with Gasteiger partial charge in [-0.3, -0.25) is 9.59 Å². The fraction of sp³-hybridized carbons (Fsp3) is 0.206. The molecule has 1 aliphatic heterocycles. The van der Waals surface area contributed by atoms with Crippen LogP contribution in [0.15, 0.2) is 91.0 Å². The Morgan fingerprint density at radius 1 is 0.927 bits per heavy atom. The number of rotatable bonds is 2. The molecule has 0 spiro atoms. The molecule has 2 unspecified atom stereocenters. The Bertz CT molecular complexity index is 1640.